The van der Waals surface area contributed by atoms with Gasteiger partial charge in [-0.25, -0.2) is 0 Å². The number of hydrogen-bond acceptors (Lipinski definition) is 3. The number of nitrogens with zero attached hydrogens (tertiary/aromatic N) is 1. The standard InChI is InChI=1S/C18H27N3O/c1-18(9-10-19-14-18)17(22)20-13-16(21-11-5-6-12-21)15-7-3-2-4-8-15/h2-4,7-8,16,19H,5-6,9-14H2,1H3,(H,20,22). The van der Waals surface area contributed by atoms with Crippen LogP contribution >= 0.6 is 0 Å². The van der Waals surface area contributed by atoms with Crippen molar-refractivity contribution in [2.24, 2.45) is 5.41 Å². The highest BCUT2D eigenvalue weighted by Crippen LogP contribution is 2.27. The van der Waals surface area contributed by atoms with Crippen LogP contribution in [0.5, 0.6) is 0 Å². The van der Waals surface area contributed by atoms with Crippen molar-refractivity contribution in [1.29, 1.82) is 0 Å². The minimum atomic E-state index is -0.244. The van der Waals surface area contributed by atoms with Gasteiger partial charge in [-0.05, 0) is 51.4 Å². The number of nitrogens with one attached hydrogen (secondary N) is 2. The van der Waals surface area contributed by atoms with Crippen molar-refractivity contribution >= 4 is 5.91 Å². The summed E-state index contributed by atoms with van der Waals surface area (Å²) in [5.41, 5.74) is 1.06. The van der Waals surface area contributed by atoms with Crippen molar-refractivity contribution in [3.05, 3.63) is 35.9 Å². The Kier molecular flexibility index (Phi) is 4.79. The minimum absolute atomic E-state index is 0.192. The molecule has 2 aliphatic rings. The molecular weight excluding hydrogens is 274 g/mol. The number of rotatable bonds is 5. The SMILES string of the molecule is CC1(C(=O)NCC(c2ccccc2)N2CCCC2)CCNC1. The van der Waals surface area contributed by atoms with Crippen molar-refractivity contribution in [2.75, 3.05) is 32.7 Å². The van der Waals surface area contributed by atoms with E-state index in [0.717, 1.165) is 32.6 Å². The summed E-state index contributed by atoms with van der Waals surface area (Å²) in [6.07, 6.45) is 3.45. The Morgan fingerprint density at radius 3 is 2.68 bits per heavy atom. The first-order valence-electron chi connectivity index (χ1n) is 8.47. The van der Waals surface area contributed by atoms with Gasteiger partial charge in [0.15, 0.2) is 0 Å². The number of carbonyl (C=O) groups is 1. The third-order valence-electron chi connectivity index (χ3n) is 5.14. The molecular formula is C18H27N3O. The van der Waals surface area contributed by atoms with Gasteiger partial charge in [0.25, 0.3) is 0 Å². The van der Waals surface area contributed by atoms with Gasteiger partial charge in [-0.15, -0.1) is 0 Å². The summed E-state index contributed by atoms with van der Waals surface area (Å²) in [6, 6.07) is 10.9. The van der Waals surface area contributed by atoms with Crippen molar-refractivity contribution in [2.45, 2.75) is 32.2 Å². The first kappa shape index (κ1) is 15.5. The molecule has 0 radical (unpaired) electrons. The molecule has 22 heavy (non-hydrogen) atoms. The maximum Gasteiger partial charge on any atom is 0.227 e. The van der Waals surface area contributed by atoms with E-state index in [1.165, 1.54) is 18.4 Å². The Labute approximate surface area is 133 Å². The zero-order valence-corrected chi connectivity index (χ0v) is 13.5. The Morgan fingerprint density at radius 2 is 2.05 bits per heavy atom. The van der Waals surface area contributed by atoms with E-state index < -0.39 is 0 Å². The molecule has 3 rings (SSSR count). The lowest BCUT2D eigenvalue weighted by Crippen LogP contribution is -2.44. The van der Waals surface area contributed by atoms with E-state index in [-0.39, 0.29) is 11.3 Å². The number of carbonyl (C=O) groups excluding carboxylic acids is 1. The van der Waals surface area contributed by atoms with Crippen LogP contribution in [-0.2, 0) is 4.79 Å². The van der Waals surface area contributed by atoms with E-state index in [1.54, 1.807) is 0 Å². The second kappa shape index (κ2) is 6.80. The molecule has 2 saturated heterocycles. The topological polar surface area (TPSA) is 44.4 Å². The van der Waals surface area contributed by atoms with E-state index in [1.807, 2.05) is 6.07 Å². The lowest BCUT2D eigenvalue weighted by Gasteiger charge is -2.30. The minimum Gasteiger partial charge on any atom is -0.354 e. The molecule has 1 aromatic rings. The van der Waals surface area contributed by atoms with Gasteiger partial charge in [0.05, 0.1) is 11.5 Å². The van der Waals surface area contributed by atoms with Gasteiger partial charge < -0.3 is 10.6 Å². The van der Waals surface area contributed by atoms with Crippen LogP contribution in [0.15, 0.2) is 30.3 Å². The first-order chi connectivity index (χ1) is 10.7. The van der Waals surface area contributed by atoms with Crippen LogP contribution in [0.3, 0.4) is 0 Å². The molecule has 1 aromatic carbocycles. The smallest absolute Gasteiger partial charge is 0.227 e. The summed E-state index contributed by atoms with van der Waals surface area (Å²) in [4.78, 5) is 15.1. The van der Waals surface area contributed by atoms with Gasteiger partial charge in [0.2, 0.25) is 5.91 Å². The molecule has 120 valence electrons. The van der Waals surface area contributed by atoms with Gasteiger partial charge >= 0.3 is 0 Å². The van der Waals surface area contributed by atoms with Gasteiger partial charge in [-0.2, -0.15) is 0 Å². The van der Waals surface area contributed by atoms with Gasteiger partial charge in [-0.3, -0.25) is 9.69 Å². The Hall–Kier alpha value is -1.39. The maximum absolute atomic E-state index is 12.5. The maximum atomic E-state index is 12.5. The molecule has 1 amide bonds. The summed E-state index contributed by atoms with van der Waals surface area (Å²) >= 11 is 0. The zero-order chi connectivity index (χ0) is 15.4. The highest BCUT2D eigenvalue weighted by Gasteiger charge is 2.36. The summed E-state index contributed by atoms with van der Waals surface area (Å²) in [5, 5.41) is 6.52. The largest absolute Gasteiger partial charge is 0.354 e. The third kappa shape index (κ3) is 3.33. The lowest BCUT2D eigenvalue weighted by atomic mass is 9.88. The molecule has 0 saturated carbocycles. The van der Waals surface area contributed by atoms with Crippen LogP contribution < -0.4 is 10.6 Å². The predicted octanol–water partition coefficient (Wildman–Crippen LogP) is 1.94. The molecule has 0 aromatic heterocycles. The predicted molar refractivity (Wildman–Crippen MR) is 88.6 cm³/mol. The van der Waals surface area contributed by atoms with Crippen LogP contribution in [0.25, 0.3) is 0 Å². The molecule has 2 unspecified atom stereocenters. The summed E-state index contributed by atoms with van der Waals surface area (Å²) in [7, 11) is 0. The third-order valence-corrected chi connectivity index (χ3v) is 5.14. The molecule has 0 aliphatic carbocycles. The summed E-state index contributed by atoms with van der Waals surface area (Å²) < 4.78 is 0. The highest BCUT2D eigenvalue weighted by molar-refractivity contribution is 5.82. The van der Waals surface area contributed by atoms with Gasteiger partial charge in [0, 0.05) is 13.1 Å². The van der Waals surface area contributed by atoms with Crippen molar-refractivity contribution in [3.63, 3.8) is 0 Å². The fourth-order valence-electron chi connectivity index (χ4n) is 3.60. The molecule has 2 aliphatic heterocycles. The average molecular weight is 301 g/mol. The Morgan fingerprint density at radius 1 is 1.32 bits per heavy atom. The van der Waals surface area contributed by atoms with E-state index in [9.17, 15) is 4.79 Å². The van der Waals surface area contributed by atoms with E-state index in [4.69, 9.17) is 0 Å². The first-order valence-corrected chi connectivity index (χ1v) is 8.47. The van der Waals surface area contributed by atoms with Gasteiger partial charge in [-0.1, -0.05) is 30.3 Å². The average Bonchev–Trinajstić information content (AvgIpc) is 3.21. The number of benzene rings is 1. The van der Waals surface area contributed by atoms with Crippen LogP contribution in [0.2, 0.25) is 0 Å². The quantitative estimate of drug-likeness (QED) is 0.873. The van der Waals surface area contributed by atoms with Crippen LogP contribution in [0.1, 0.15) is 37.8 Å². The fraction of sp³-hybridized carbons (Fsp3) is 0.611. The monoisotopic (exact) mass is 301 g/mol. The van der Waals surface area contributed by atoms with Crippen LogP contribution in [0.4, 0.5) is 0 Å². The highest BCUT2D eigenvalue weighted by atomic mass is 16.2. The number of amides is 1. The molecule has 2 N–H and O–H groups in total. The second-order valence-corrected chi connectivity index (χ2v) is 6.87. The van der Waals surface area contributed by atoms with Crippen LogP contribution in [0, 0.1) is 5.41 Å². The van der Waals surface area contributed by atoms with E-state index in [2.05, 4.69) is 46.7 Å². The molecule has 2 fully saturated rings. The Bertz CT molecular complexity index is 490. The summed E-state index contributed by atoms with van der Waals surface area (Å²) in [5.74, 6) is 0.192. The lowest BCUT2D eigenvalue weighted by molar-refractivity contribution is -0.129. The normalized spacial score (nSPS) is 27.0. The summed E-state index contributed by atoms with van der Waals surface area (Å²) in [6.45, 7) is 6.77. The van der Waals surface area contributed by atoms with Crippen molar-refractivity contribution in [3.8, 4) is 0 Å². The number of hydrogen-bond donors (Lipinski definition) is 2. The fourth-order valence-corrected chi connectivity index (χ4v) is 3.60. The number of likely N-dealkylation sites (tertiary alicyclic amines) is 1. The molecule has 2 heterocycles. The molecule has 2 atom stereocenters. The Balaban J connectivity index is 1.66. The molecule has 0 bridgehead atoms. The zero-order valence-electron chi connectivity index (χ0n) is 13.5. The van der Waals surface area contributed by atoms with Gasteiger partial charge in [0.1, 0.15) is 0 Å². The molecule has 0 spiro atoms. The molecule has 4 heteroatoms. The second-order valence-electron chi connectivity index (χ2n) is 6.87. The van der Waals surface area contributed by atoms with E-state index >= 15 is 0 Å². The van der Waals surface area contributed by atoms with Crippen molar-refractivity contribution < 1.29 is 4.79 Å². The molecule has 4 nitrogen and oxygen atoms in total. The van der Waals surface area contributed by atoms with Crippen molar-refractivity contribution in [1.82, 2.24) is 15.5 Å². The van der Waals surface area contributed by atoms with E-state index in [0.29, 0.717) is 12.6 Å². The van der Waals surface area contributed by atoms with Crippen LogP contribution in [-0.4, -0.2) is 43.5 Å².